The van der Waals surface area contributed by atoms with Gasteiger partial charge in [0.25, 0.3) is 5.69 Å². The van der Waals surface area contributed by atoms with Gasteiger partial charge in [-0.15, -0.1) is 0 Å². The number of benzene rings is 2. The number of nitro benzene ring substituents is 1. The van der Waals surface area contributed by atoms with Crippen LogP contribution in [0.5, 0.6) is 0 Å². The zero-order valence-electron chi connectivity index (χ0n) is 17.9. The number of amides is 2. The van der Waals surface area contributed by atoms with Crippen molar-refractivity contribution >= 4 is 28.4 Å². The summed E-state index contributed by atoms with van der Waals surface area (Å²) in [5.74, 6) is 0.111. The summed E-state index contributed by atoms with van der Waals surface area (Å²) in [5.41, 5.74) is 3.57. The van der Waals surface area contributed by atoms with Gasteiger partial charge >= 0.3 is 0 Å². The molecule has 3 heterocycles. The van der Waals surface area contributed by atoms with Crippen molar-refractivity contribution in [1.82, 2.24) is 14.8 Å². The van der Waals surface area contributed by atoms with E-state index in [1.807, 2.05) is 38.1 Å². The molecule has 2 aromatic carbocycles. The third kappa shape index (κ3) is 3.14. The number of aromatic amines is 1. The van der Waals surface area contributed by atoms with Crippen LogP contribution in [0, 0.1) is 16.0 Å². The molecule has 8 nitrogen and oxygen atoms in total. The number of nitrogens with zero attached hydrogens (tertiary/aromatic N) is 3. The second kappa shape index (κ2) is 7.47. The molecule has 2 amide bonds. The van der Waals surface area contributed by atoms with Crippen molar-refractivity contribution in [2.75, 3.05) is 13.1 Å². The first kappa shape index (κ1) is 20.2. The lowest BCUT2D eigenvalue weighted by Gasteiger charge is -2.47. The Morgan fingerprint density at radius 2 is 1.84 bits per heavy atom. The number of non-ortho nitro benzene ring substituents is 1. The van der Waals surface area contributed by atoms with Gasteiger partial charge in [-0.1, -0.05) is 32.0 Å². The molecule has 0 radical (unpaired) electrons. The quantitative estimate of drug-likeness (QED) is 0.504. The SMILES string of the molecule is CC(C)CN1CC(=O)N2C(c3ccc([N+](=O)[O-])cc3)c3[nH]c4ccccc4c3C[C@H]2C1=O. The van der Waals surface area contributed by atoms with Gasteiger partial charge in [0.1, 0.15) is 6.04 Å². The van der Waals surface area contributed by atoms with E-state index in [4.69, 9.17) is 0 Å². The Morgan fingerprint density at radius 1 is 1.12 bits per heavy atom. The van der Waals surface area contributed by atoms with E-state index in [1.54, 1.807) is 21.9 Å². The van der Waals surface area contributed by atoms with Crippen molar-refractivity contribution in [2.45, 2.75) is 32.4 Å². The molecule has 1 unspecified atom stereocenters. The molecule has 2 aliphatic heterocycles. The van der Waals surface area contributed by atoms with E-state index in [2.05, 4.69) is 4.98 Å². The van der Waals surface area contributed by atoms with Crippen LogP contribution in [-0.4, -0.2) is 50.7 Å². The minimum absolute atomic E-state index is 0.0119. The molecule has 1 fully saturated rings. The van der Waals surface area contributed by atoms with E-state index < -0.39 is 17.0 Å². The fraction of sp³-hybridized carbons (Fsp3) is 0.333. The Labute approximate surface area is 185 Å². The van der Waals surface area contributed by atoms with Crippen LogP contribution in [0.4, 0.5) is 5.69 Å². The molecule has 32 heavy (non-hydrogen) atoms. The highest BCUT2D eigenvalue weighted by atomic mass is 16.6. The van der Waals surface area contributed by atoms with Crippen LogP contribution < -0.4 is 0 Å². The van der Waals surface area contributed by atoms with Crippen LogP contribution in [0.25, 0.3) is 10.9 Å². The molecule has 0 aliphatic carbocycles. The standard InChI is InChI=1S/C24H24N4O4/c1-14(2)12-26-13-21(29)27-20(24(26)30)11-18-17-5-3-4-6-19(17)25-22(18)23(27)15-7-9-16(10-8-15)28(31)32/h3-10,14,20,23,25H,11-13H2,1-2H3/t20-,23?/m0/s1. The largest absolute Gasteiger partial charge is 0.356 e. The number of para-hydroxylation sites is 1. The van der Waals surface area contributed by atoms with Crippen LogP contribution >= 0.6 is 0 Å². The third-order valence-electron chi connectivity index (χ3n) is 6.35. The summed E-state index contributed by atoms with van der Waals surface area (Å²) in [6.45, 7) is 4.65. The summed E-state index contributed by atoms with van der Waals surface area (Å²) in [6.07, 6.45) is 0.446. The number of rotatable bonds is 4. The Bertz CT molecular complexity index is 1230. The summed E-state index contributed by atoms with van der Waals surface area (Å²) in [5, 5.41) is 12.2. The Hall–Kier alpha value is -3.68. The molecule has 1 aromatic heterocycles. The van der Waals surface area contributed by atoms with Crippen molar-refractivity contribution in [3.8, 4) is 0 Å². The van der Waals surface area contributed by atoms with E-state index in [-0.39, 0.29) is 30.0 Å². The summed E-state index contributed by atoms with van der Waals surface area (Å²) < 4.78 is 0. The van der Waals surface area contributed by atoms with E-state index in [9.17, 15) is 19.7 Å². The van der Waals surface area contributed by atoms with E-state index in [0.29, 0.717) is 13.0 Å². The number of carbonyl (C=O) groups excluding carboxylic acids is 2. The van der Waals surface area contributed by atoms with Crippen molar-refractivity contribution in [2.24, 2.45) is 5.92 Å². The lowest BCUT2D eigenvalue weighted by Crippen LogP contribution is -2.63. The summed E-state index contributed by atoms with van der Waals surface area (Å²) >= 11 is 0. The van der Waals surface area contributed by atoms with Crippen molar-refractivity contribution in [3.05, 3.63) is 75.5 Å². The molecule has 0 spiro atoms. The van der Waals surface area contributed by atoms with Gasteiger partial charge in [-0.05, 0) is 35.2 Å². The summed E-state index contributed by atoms with van der Waals surface area (Å²) in [6, 6.07) is 13.1. The lowest BCUT2D eigenvalue weighted by molar-refractivity contribution is -0.384. The van der Waals surface area contributed by atoms with Gasteiger partial charge in [-0.2, -0.15) is 0 Å². The maximum atomic E-state index is 13.5. The Morgan fingerprint density at radius 3 is 2.53 bits per heavy atom. The topological polar surface area (TPSA) is 99.5 Å². The highest BCUT2D eigenvalue weighted by Gasteiger charge is 2.48. The summed E-state index contributed by atoms with van der Waals surface area (Å²) in [7, 11) is 0. The molecule has 3 aromatic rings. The predicted octanol–water partition coefficient (Wildman–Crippen LogP) is 3.42. The maximum absolute atomic E-state index is 13.5. The zero-order chi connectivity index (χ0) is 22.6. The highest BCUT2D eigenvalue weighted by molar-refractivity contribution is 5.97. The second-order valence-electron chi connectivity index (χ2n) is 8.95. The van der Waals surface area contributed by atoms with Gasteiger partial charge in [0.05, 0.1) is 17.5 Å². The third-order valence-corrected chi connectivity index (χ3v) is 6.35. The number of carbonyl (C=O) groups is 2. The molecule has 164 valence electrons. The van der Waals surface area contributed by atoms with Gasteiger partial charge in [-0.3, -0.25) is 19.7 Å². The van der Waals surface area contributed by atoms with Gasteiger partial charge in [0.2, 0.25) is 11.8 Å². The fourth-order valence-electron chi connectivity index (χ4n) is 5.04. The number of nitro groups is 1. The number of aromatic nitrogens is 1. The zero-order valence-corrected chi connectivity index (χ0v) is 17.9. The highest BCUT2D eigenvalue weighted by Crippen LogP contribution is 2.42. The molecule has 1 saturated heterocycles. The van der Waals surface area contributed by atoms with Crippen LogP contribution in [0.3, 0.4) is 0 Å². The van der Waals surface area contributed by atoms with Gasteiger partial charge in [-0.25, -0.2) is 0 Å². The normalized spacial score (nSPS) is 20.6. The van der Waals surface area contributed by atoms with Gasteiger partial charge < -0.3 is 14.8 Å². The first-order valence-electron chi connectivity index (χ1n) is 10.8. The van der Waals surface area contributed by atoms with Crippen LogP contribution in [0.1, 0.15) is 36.7 Å². The van der Waals surface area contributed by atoms with Crippen molar-refractivity contribution in [3.63, 3.8) is 0 Å². The first-order valence-corrected chi connectivity index (χ1v) is 10.8. The van der Waals surface area contributed by atoms with E-state index in [1.165, 1.54) is 12.1 Å². The smallest absolute Gasteiger partial charge is 0.269 e. The number of H-pyrrole nitrogens is 1. The average Bonchev–Trinajstić information content (AvgIpc) is 3.14. The van der Waals surface area contributed by atoms with Crippen molar-refractivity contribution < 1.29 is 14.5 Å². The monoisotopic (exact) mass is 432 g/mol. The second-order valence-corrected chi connectivity index (χ2v) is 8.95. The maximum Gasteiger partial charge on any atom is 0.269 e. The number of fused-ring (bicyclic) bond motifs is 4. The van der Waals surface area contributed by atoms with Crippen LogP contribution in [-0.2, 0) is 16.0 Å². The first-order chi connectivity index (χ1) is 15.3. The molecule has 0 bridgehead atoms. The number of hydrogen-bond acceptors (Lipinski definition) is 4. The molecule has 5 rings (SSSR count). The van der Waals surface area contributed by atoms with Crippen LogP contribution in [0.2, 0.25) is 0 Å². The number of nitrogens with one attached hydrogen (secondary N) is 1. The molecule has 2 atom stereocenters. The molecular formula is C24H24N4O4. The van der Waals surface area contributed by atoms with Crippen molar-refractivity contribution in [1.29, 1.82) is 0 Å². The molecule has 8 heteroatoms. The predicted molar refractivity (Wildman–Crippen MR) is 119 cm³/mol. The van der Waals surface area contributed by atoms with Gasteiger partial charge in [0, 0.05) is 41.7 Å². The molecule has 0 saturated carbocycles. The Kier molecular flexibility index (Phi) is 4.73. The fourth-order valence-corrected chi connectivity index (χ4v) is 5.04. The van der Waals surface area contributed by atoms with Crippen LogP contribution in [0.15, 0.2) is 48.5 Å². The molecular weight excluding hydrogens is 408 g/mol. The summed E-state index contributed by atoms with van der Waals surface area (Å²) in [4.78, 5) is 44.3. The Balaban J connectivity index is 1.66. The lowest BCUT2D eigenvalue weighted by atomic mass is 9.86. The molecule has 2 aliphatic rings. The molecule has 1 N–H and O–H groups in total. The van der Waals surface area contributed by atoms with Gasteiger partial charge in [0.15, 0.2) is 0 Å². The van der Waals surface area contributed by atoms with E-state index in [0.717, 1.165) is 27.7 Å². The minimum atomic E-state index is -0.595. The van der Waals surface area contributed by atoms with E-state index >= 15 is 0 Å². The number of hydrogen-bond donors (Lipinski definition) is 1. The average molecular weight is 432 g/mol. The minimum Gasteiger partial charge on any atom is -0.356 e. The number of piperazine rings is 1.